The number of aliphatic imine (C=N–C) groups is 1. The van der Waals surface area contributed by atoms with Gasteiger partial charge in [0.05, 0.1) is 12.7 Å². The number of hydrogen-bond acceptors (Lipinski definition) is 5. The van der Waals surface area contributed by atoms with Crippen LogP contribution >= 0.6 is 11.3 Å². The smallest absolute Gasteiger partial charge is 0.216 e. The summed E-state index contributed by atoms with van der Waals surface area (Å²) in [5.41, 5.74) is -0.0413. The molecule has 0 aromatic carbocycles. The first kappa shape index (κ1) is 17.5. The van der Waals surface area contributed by atoms with E-state index in [-0.39, 0.29) is 5.41 Å². The van der Waals surface area contributed by atoms with Crippen molar-refractivity contribution in [2.45, 2.75) is 53.1 Å². The topological polar surface area (TPSA) is 75.3 Å². The molecule has 0 aliphatic rings. The Morgan fingerprint density at radius 2 is 2.04 bits per heavy atom. The number of aryl methyl sites for hydroxylation is 1. The highest BCUT2D eigenvalue weighted by Gasteiger charge is 2.19. The van der Waals surface area contributed by atoms with Crippen LogP contribution < -0.4 is 10.6 Å². The number of thiazole rings is 1. The molecule has 0 fully saturated rings. The molecule has 0 radical (unpaired) electrons. The third-order valence-corrected chi connectivity index (χ3v) is 4.00. The third kappa shape index (κ3) is 5.35. The Balaban J connectivity index is 1.96. The molecule has 2 aromatic heterocycles. The molecule has 6 nitrogen and oxygen atoms in total. The minimum atomic E-state index is -0.0413. The fourth-order valence-corrected chi connectivity index (χ4v) is 2.59. The zero-order valence-corrected chi connectivity index (χ0v) is 15.3. The van der Waals surface area contributed by atoms with E-state index in [0.717, 1.165) is 23.3 Å². The van der Waals surface area contributed by atoms with Gasteiger partial charge in [-0.05, 0) is 13.8 Å². The van der Waals surface area contributed by atoms with Gasteiger partial charge in [0.25, 0.3) is 0 Å². The lowest BCUT2D eigenvalue weighted by atomic mass is 9.94. The number of nitrogens with zero attached hydrogens (tertiary/aromatic N) is 3. The van der Waals surface area contributed by atoms with Crippen molar-refractivity contribution >= 4 is 17.3 Å². The van der Waals surface area contributed by atoms with E-state index >= 15 is 0 Å². The average Bonchev–Trinajstić information content (AvgIpc) is 3.10. The Hall–Kier alpha value is -1.89. The van der Waals surface area contributed by atoms with Crippen LogP contribution in [0.25, 0.3) is 0 Å². The second-order valence-corrected chi connectivity index (χ2v) is 7.60. The minimum Gasteiger partial charge on any atom is -0.443 e. The van der Waals surface area contributed by atoms with E-state index in [0.29, 0.717) is 19.0 Å². The molecule has 0 saturated carbocycles. The van der Waals surface area contributed by atoms with Gasteiger partial charge in [0.1, 0.15) is 17.3 Å². The predicted molar refractivity (Wildman–Crippen MR) is 93.7 cm³/mol. The molecule has 7 heteroatoms. The number of rotatable bonds is 5. The Morgan fingerprint density at radius 1 is 1.26 bits per heavy atom. The van der Waals surface area contributed by atoms with Crippen LogP contribution in [0.5, 0.6) is 0 Å². The highest BCUT2D eigenvalue weighted by atomic mass is 32.1. The molecule has 126 valence electrons. The molecule has 2 heterocycles. The molecular weight excluding hydrogens is 310 g/mol. The molecule has 2 N–H and O–H groups in total. The van der Waals surface area contributed by atoms with Gasteiger partial charge in [-0.2, -0.15) is 0 Å². The SMILES string of the molecule is CCNC(=NCc1ncc(C(C)(C)C)o1)NCc1ncc(C)s1. The molecular formula is C16H25N5OS. The van der Waals surface area contributed by atoms with Crippen molar-refractivity contribution in [3.05, 3.63) is 33.9 Å². The fourth-order valence-electron chi connectivity index (χ4n) is 1.86. The Kier molecular flexibility index (Phi) is 5.76. The highest BCUT2D eigenvalue weighted by molar-refractivity contribution is 7.11. The van der Waals surface area contributed by atoms with Crippen molar-refractivity contribution in [3.63, 3.8) is 0 Å². The minimum absolute atomic E-state index is 0.0413. The second-order valence-electron chi connectivity index (χ2n) is 6.28. The summed E-state index contributed by atoms with van der Waals surface area (Å²) >= 11 is 1.68. The van der Waals surface area contributed by atoms with E-state index in [2.05, 4.69) is 53.3 Å². The van der Waals surface area contributed by atoms with E-state index in [4.69, 9.17) is 4.42 Å². The van der Waals surface area contributed by atoms with Crippen LogP contribution in [-0.2, 0) is 18.5 Å². The molecule has 23 heavy (non-hydrogen) atoms. The largest absolute Gasteiger partial charge is 0.443 e. The summed E-state index contributed by atoms with van der Waals surface area (Å²) in [7, 11) is 0. The van der Waals surface area contributed by atoms with Crippen molar-refractivity contribution in [3.8, 4) is 0 Å². The maximum absolute atomic E-state index is 5.76. The molecule has 2 rings (SSSR count). The second kappa shape index (κ2) is 7.59. The molecule has 0 unspecified atom stereocenters. The lowest BCUT2D eigenvalue weighted by Crippen LogP contribution is -2.36. The summed E-state index contributed by atoms with van der Waals surface area (Å²) in [5, 5.41) is 7.53. The van der Waals surface area contributed by atoms with Gasteiger partial charge in [-0.15, -0.1) is 11.3 Å². The third-order valence-electron chi connectivity index (χ3n) is 3.09. The van der Waals surface area contributed by atoms with Gasteiger partial charge in [0.15, 0.2) is 5.96 Å². The summed E-state index contributed by atoms with van der Waals surface area (Å²) < 4.78 is 5.76. The number of aromatic nitrogens is 2. The molecule has 0 atom stereocenters. The Labute approximate surface area is 141 Å². The van der Waals surface area contributed by atoms with Crippen LogP contribution in [0.15, 0.2) is 21.8 Å². The summed E-state index contributed by atoms with van der Waals surface area (Å²) in [6.07, 6.45) is 3.66. The fraction of sp³-hybridized carbons (Fsp3) is 0.562. The maximum Gasteiger partial charge on any atom is 0.216 e. The van der Waals surface area contributed by atoms with Crippen LogP contribution in [0.4, 0.5) is 0 Å². The van der Waals surface area contributed by atoms with E-state index in [1.807, 2.05) is 13.1 Å². The molecule has 0 saturated heterocycles. The highest BCUT2D eigenvalue weighted by Crippen LogP contribution is 2.22. The van der Waals surface area contributed by atoms with Crippen molar-refractivity contribution in [2.75, 3.05) is 6.54 Å². The van der Waals surface area contributed by atoms with Crippen LogP contribution in [0, 0.1) is 6.92 Å². The summed E-state index contributed by atoms with van der Waals surface area (Å²) in [6.45, 7) is 12.2. The van der Waals surface area contributed by atoms with Crippen LogP contribution in [0.2, 0.25) is 0 Å². The Bertz CT molecular complexity index is 653. The van der Waals surface area contributed by atoms with E-state index in [1.165, 1.54) is 4.88 Å². The lowest BCUT2D eigenvalue weighted by Gasteiger charge is -2.13. The standard InChI is InChI=1S/C16H25N5OS/c1-6-17-15(21-10-14-19-7-11(2)23-14)20-9-13-18-8-12(22-13)16(3,4)5/h7-8H,6,9-10H2,1-5H3,(H2,17,20,21). The Morgan fingerprint density at radius 3 is 2.61 bits per heavy atom. The van der Waals surface area contributed by atoms with Crippen molar-refractivity contribution in [2.24, 2.45) is 4.99 Å². The molecule has 0 amide bonds. The van der Waals surface area contributed by atoms with Gasteiger partial charge in [-0.3, -0.25) is 0 Å². The van der Waals surface area contributed by atoms with Gasteiger partial charge in [0, 0.05) is 23.0 Å². The van der Waals surface area contributed by atoms with E-state index in [1.54, 1.807) is 17.5 Å². The normalized spacial score (nSPS) is 12.5. The zero-order chi connectivity index (χ0) is 16.9. The lowest BCUT2D eigenvalue weighted by molar-refractivity contribution is 0.383. The molecule has 2 aromatic rings. The molecule has 0 bridgehead atoms. The van der Waals surface area contributed by atoms with E-state index in [9.17, 15) is 0 Å². The first-order valence-electron chi connectivity index (χ1n) is 7.77. The van der Waals surface area contributed by atoms with Crippen LogP contribution in [-0.4, -0.2) is 22.5 Å². The summed E-state index contributed by atoms with van der Waals surface area (Å²) in [4.78, 5) is 14.4. The number of hydrogen-bond donors (Lipinski definition) is 2. The maximum atomic E-state index is 5.76. The van der Waals surface area contributed by atoms with Crippen molar-refractivity contribution in [1.29, 1.82) is 0 Å². The average molecular weight is 335 g/mol. The molecule has 0 spiro atoms. The van der Waals surface area contributed by atoms with Crippen molar-refractivity contribution in [1.82, 2.24) is 20.6 Å². The number of oxazole rings is 1. The van der Waals surface area contributed by atoms with Crippen LogP contribution in [0.1, 0.15) is 49.2 Å². The first-order chi connectivity index (χ1) is 10.9. The molecule has 0 aliphatic carbocycles. The van der Waals surface area contributed by atoms with E-state index < -0.39 is 0 Å². The summed E-state index contributed by atoms with van der Waals surface area (Å²) in [5.74, 6) is 2.23. The number of nitrogens with one attached hydrogen (secondary N) is 2. The molecule has 0 aliphatic heterocycles. The first-order valence-corrected chi connectivity index (χ1v) is 8.59. The number of guanidine groups is 1. The summed E-state index contributed by atoms with van der Waals surface area (Å²) in [6, 6.07) is 0. The van der Waals surface area contributed by atoms with Gasteiger partial charge < -0.3 is 15.1 Å². The predicted octanol–water partition coefficient (Wildman–Crippen LogP) is 2.99. The zero-order valence-electron chi connectivity index (χ0n) is 14.4. The van der Waals surface area contributed by atoms with Gasteiger partial charge >= 0.3 is 0 Å². The van der Waals surface area contributed by atoms with Gasteiger partial charge in [-0.1, -0.05) is 20.8 Å². The van der Waals surface area contributed by atoms with Gasteiger partial charge in [0.2, 0.25) is 5.89 Å². The quantitative estimate of drug-likeness (QED) is 0.649. The monoisotopic (exact) mass is 335 g/mol. The van der Waals surface area contributed by atoms with Gasteiger partial charge in [-0.25, -0.2) is 15.0 Å². The van der Waals surface area contributed by atoms with Crippen LogP contribution in [0.3, 0.4) is 0 Å². The van der Waals surface area contributed by atoms with Crippen molar-refractivity contribution < 1.29 is 4.42 Å².